The summed E-state index contributed by atoms with van der Waals surface area (Å²) in [6.45, 7) is 3.08. The quantitative estimate of drug-likeness (QED) is 0.752. The molecule has 160 valence electrons. The summed E-state index contributed by atoms with van der Waals surface area (Å²) in [6, 6.07) is 13.4. The first-order chi connectivity index (χ1) is 15.0. The number of imide groups is 1. The molecule has 1 N–H and O–H groups in total. The van der Waals surface area contributed by atoms with E-state index in [9.17, 15) is 19.2 Å². The van der Waals surface area contributed by atoms with Gasteiger partial charge < -0.3 is 10.2 Å². The van der Waals surface area contributed by atoms with Crippen molar-refractivity contribution in [3.05, 3.63) is 59.7 Å². The van der Waals surface area contributed by atoms with Crippen LogP contribution >= 0.6 is 0 Å². The lowest BCUT2D eigenvalue weighted by Crippen LogP contribution is -2.43. The largest absolute Gasteiger partial charge is 0.342 e. The summed E-state index contributed by atoms with van der Waals surface area (Å²) < 4.78 is 0. The van der Waals surface area contributed by atoms with Gasteiger partial charge in [-0.25, -0.2) is 4.90 Å². The smallest absolute Gasteiger partial charge is 0.266 e. The Morgan fingerprint density at radius 1 is 1.03 bits per heavy atom. The Morgan fingerprint density at radius 3 is 2.42 bits per heavy atom. The Kier molecular flexibility index (Phi) is 5.84. The molecule has 2 aromatic rings. The molecule has 2 aliphatic heterocycles. The molecule has 1 saturated heterocycles. The minimum atomic E-state index is -0.374. The number of carbonyl (C=O) groups is 4. The lowest BCUT2D eigenvalue weighted by atomic mass is 9.96. The highest BCUT2D eigenvalue weighted by atomic mass is 16.2. The third-order valence-electron chi connectivity index (χ3n) is 5.77. The van der Waals surface area contributed by atoms with Gasteiger partial charge in [-0.1, -0.05) is 25.1 Å². The molecule has 1 fully saturated rings. The van der Waals surface area contributed by atoms with Crippen molar-refractivity contribution in [2.45, 2.75) is 32.6 Å². The maximum Gasteiger partial charge on any atom is 0.266 e. The van der Waals surface area contributed by atoms with Crippen LogP contribution in [0, 0.1) is 5.92 Å². The minimum absolute atomic E-state index is 0.0904. The van der Waals surface area contributed by atoms with Crippen LogP contribution in [0.15, 0.2) is 48.5 Å². The molecule has 2 aliphatic rings. The van der Waals surface area contributed by atoms with Gasteiger partial charge in [-0.05, 0) is 49.6 Å². The van der Waals surface area contributed by atoms with Gasteiger partial charge in [-0.2, -0.15) is 0 Å². The van der Waals surface area contributed by atoms with E-state index in [1.165, 1.54) is 0 Å². The highest BCUT2D eigenvalue weighted by molar-refractivity contribution is 6.34. The molecule has 4 rings (SSSR count). The summed E-state index contributed by atoms with van der Waals surface area (Å²) >= 11 is 0. The monoisotopic (exact) mass is 419 g/mol. The molecule has 0 spiro atoms. The van der Waals surface area contributed by atoms with Crippen molar-refractivity contribution >= 4 is 35.0 Å². The van der Waals surface area contributed by atoms with Crippen LogP contribution < -0.4 is 10.2 Å². The van der Waals surface area contributed by atoms with E-state index < -0.39 is 0 Å². The summed E-state index contributed by atoms with van der Waals surface area (Å²) in [5.74, 6) is -1.10. The maximum absolute atomic E-state index is 12.8. The molecule has 4 amide bonds. The Hall–Kier alpha value is -3.48. The molecule has 1 unspecified atom stereocenters. The van der Waals surface area contributed by atoms with Crippen LogP contribution in [0.3, 0.4) is 0 Å². The van der Waals surface area contributed by atoms with Crippen LogP contribution in [-0.2, 0) is 9.59 Å². The van der Waals surface area contributed by atoms with Crippen LogP contribution in [0.2, 0.25) is 0 Å². The second-order valence-electron chi connectivity index (χ2n) is 7.96. The number of carbonyl (C=O) groups excluding carboxylic acids is 4. The van der Waals surface area contributed by atoms with Gasteiger partial charge in [0.2, 0.25) is 11.8 Å². The lowest BCUT2D eigenvalue weighted by molar-refractivity contribution is -0.134. The number of nitrogens with zero attached hydrogens (tertiary/aromatic N) is 2. The third kappa shape index (κ3) is 4.08. The molecule has 31 heavy (non-hydrogen) atoms. The average molecular weight is 419 g/mol. The van der Waals surface area contributed by atoms with Crippen molar-refractivity contribution < 1.29 is 19.2 Å². The summed E-state index contributed by atoms with van der Waals surface area (Å²) in [6.07, 6.45) is 2.80. The van der Waals surface area contributed by atoms with E-state index in [-0.39, 0.29) is 29.5 Å². The molecule has 1 atom stereocenters. The molecule has 0 radical (unpaired) electrons. The van der Waals surface area contributed by atoms with Gasteiger partial charge in [-0.15, -0.1) is 0 Å². The number of rotatable bonds is 5. The first-order valence-corrected chi connectivity index (χ1v) is 10.7. The molecule has 7 heteroatoms. The number of fused-ring (bicyclic) bond motifs is 1. The summed E-state index contributed by atoms with van der Waals surface area (Å²) in [4.78, 5) is 53.4. The second-order valence-corrected chi connectivity index (χ2v) is 7.96. The zero-order valence-corrected chi connectivity index (χ0v) is 17.5. The normalized spacial score (nSPS) is 18.2. The maximum atomic E-state index is 12.8. The van der Waals surface area contributed by atoms with Crippen LogP contribution in [0.25, 0.3) is 0 Å². The molecule has 0 aliphatic carbocycles. The first kappa shape index (κ1) is 20.8. The molecule has 7 nitrogen and oxygen atoms in total. The summed E-state index contributed by atoms with van der Waals surface area (Å²) in [7, 11) is 0. The number of nitrogens with one attached hydrogen (secondary N) is 1. The van der Waals surface area contributed by atoms with Gasteiger partial charge in [0.15, 0.2) is 0 Å². The zero-order valence-electron chi connectivity index (χ0n) is 17.5. The van der Waals surface area contributed by atoms with Crippen molar-refractivity contribution in [2.75, 3.05) is 23.3 Å². The van der Waals surface area contributed by atoms with Crippen molar-refractivity contribution in [3.8, 4) is 0 Å². The van der Waals surface area contributed by atoms with Crippen molar-refractivity contribution in [1.29, 1.82) is 0 Å². The molecule has 0 saturated carbocycles. The van der Waals surface area contributed by atoms with Crippen molar-refractivity contribution in [1.82, 2.24) is 4.90 Å². The zero-order chi connectivity index (χ0) is 22.0. The topological polar surface area (TPSA) is 86.8 Å². The predicted molar refractivity (Wildman–Crippen MR) is 117 cm³/mol. The summed E-state index contributed by atoms with van der Waals surface area (Å²) in [5, 5.41) is 2.89. The Balaban J connectivity index is 1.47. The Labute approximate surface area is 181 Å². The fourth-order valence-electron chi connectivity index (χ4n) is 4.18. The summed E-state index contributed by atoms with van der Waals surface area (Å²) in [5.41, 5.74) is 1.67. The standard InChI is InChI=1S/C24H25N3O4/c1-2-7-21(28)26-13-6-8-16(15-26)22(29)25-17-9-5-10-18(14-17)27-23(30)19-11-3-4-12-20(19)24(27)31/h3-5,9-12,14,16H,2,6-8,13,15H2,1H3,(H,25,29). The van der Waals surface area contributed by atoms with E-state index in [1.54, 1.807) is 53.4 Å². The highest BCUT2D eigenvalue weighted by Gasteiger charge is 2.36. The van der Waals surface area contributed by atoms with Crippen molar-refractivity contribution in [3.63, 3.8) is 0 Å². The molecular formula is C24H25N3O4. The van der Waals surface area contributed by atoms with Gasteiger partial charge in [0.1, 0.15) is 0 Å². The van der Waals surface area contributed by atoms with Crippen LogP contribution in [-0.4, -0.2) is 41.6 Å². The number of hydrogen-bond donors (Lipinski definition) is 1. The number of benzene rings is 2. The predicted octanol–water partition coefficient (Wildman–Crippen LogP) is 3.46. The number of hydrogen-bond acceptors (Lipinski definition) is 4. The number of piperidine rings is 1. The van der Waals surface area contributed by atoms with E-state index in [4.69, 9.17) is 0 Å². The molecular weight excluding hydrogens is 394 g/mol. The fraction of sp³-hybridized carbons (Fsp3) is 0.333. The Morgan fingerprint density at radius 2 is 1.74 bits per heavy atom. The van der Waals surface area contributed by atoms with E-state index in [1.807, 2.05) is 6.92 Å². The van der Waals surface area contributed by atoms with E-state index in [2.05, 4.69) is 5.32 Å². The fourth-order valence-corrected chi connectivity index (χ4v) is 4.18. The average Bonchev–Trinajstić information content (AvgIpc) is 3.04. The molecule has 0 aromatic heterocycles. The number of amides is 4. The van der Waals surface area contributed by atoms with Gasteiger partial charge >= 0.3 is 0 Å². The Bertz CT molecular complexity index is 1010. The molecule has 2 heterocycles. The van der Waals surface area contributed by atoms with E-state index in [0.29, 0.717) is 42.0 Å². The van der Waals surface area contributed by atoms with Gasteiger partial charge in [-0.3, -0.25) is 19.2 Å². The van der Waals surface area contributed by atoms with Crippen molar-refractivity contribution in [2.24, 2.45) is 5.92 Å². The van der Waals surface area contributed by atoms with Gasteiger partial charge in [0.05, 0.1) is 22.7 Å². The number of likely N-dealkylation sites (tertiary alicyclic amines) is 1. The van der Waals surface area contributed by atoms with E-state index >= 15 is 0 Å². The third-order valence-corrected chi connectivity index (χ3v) is 5.77. The number of anilines is 2. The molecule has 2 aromatic carbocycles. The minimum Gasteiger partial charge on any atom is -0.342 e. The van der Waals surface area contributed by atoms with E-state index in [0.717, 1.165) is 24.2 Å². The van der Waals surface area contributed by atoms with Crippen LogP contribution in [0.4, 0.5) is 11.4 Å². The van der Waals surface area contributed by atoms with Crippen LogP contribution in [0.1, 0.15) is 53.3 Å². The SMILES string of the molecule is CCCC(=O)N1CCCC(C(=O)Nc2cccc(N3C(=O)c4ccccc4C3=O)c2)C1. The molecule has 0 bridgehead atoms. The second kappa shape index (κ2) is 8.71. The van der Waals surface area contributed by atoms with Crippen LogP contribution in [0.5, 0.6) is 0 Å². The van der Waals surface area contributed by atoms with Gasteiger partial charge in [0.25, 0.3) is 11.8 Å². The highest BCUT2D eigenvalue weighted by Crippen LogP contribution is 2.30. The first-order valence-electron chi connectivity index (χ1n) is 10.7. The van der Waals surface area contributed by atoms with Gasteiger partial charge in [0, 0.05) is 25.2 Å². The lowest BCUT2D eigenvalue weighted by Gasteiger charge is -2.32.